The van der Waals surface area contributed by atoms with Crippen LogP contribution in [-0.4, -0.2) is 12.6 Å². The molecule has 0 bridgehead atoms. The van der Waals surface area contributed by atoms with Crippen molar-refractivity contribution < 1.29 is 9.84 Å². The van der Waals surface area contributed by atoms with E-state index in [2.05, 4.69) is 6.58 Å². The number of benzene rings is 1. The quantitative estimate of drug-likeness (QED) is 0.687. The molecule has 2 N–H and O–H groups in total. The van der Waals surface area contributed by atoms with Gasteiger partial charge in [-0.25, -0.2) is 0 Å². The monoisotopic (exact) mass is 192 g/mol. The maximum absolute atomic E-state index is 10.4. The highest BCUT2D eigenvalue weighted by Crippen LogP contribution is 2.02. The second-order valence-electron chi connectivity index (χ2n) is 3.13. The summed E-state index contributed by atoms with van der Waals surface area (Å²) in [5.74, 6) is -0.534. The van der Waals surface area contributed by atoms with Crippen LogP contribution in [0.4, 0.5) is 0 Å². The standard InChI is InChI=1S/C11H15NO2/c1-9(13)14-8-11(12)7-10-5-3-2-4-6-10/h2-6,11,13H,1,7-8,12H2/p-1. The summed E-state index contributed by atoms with van der Waals surface area (Å²) in [4.78, 5) is 0. The first-order chi connectivity index (χ1) is 6.68. The van der Waals surface area contributed by atoms with Gasteiger partial charge < -0.3 is 15.6 Å². The number of nitrogens with two attached hydrogens (primary N) is 1. The average Bonchev–Trinajstić information content (AvgIpc) is 2.16. The molecular weight excluding hydrogens is 178 g/mol. The van der Waals surface area contributed by atoms with Crippen molar-refractivity contribution in [2.75, 3.05) is 6.61 Å². The second kappa shape index (κ2) is 5.29. The molecule has 0 amide bonds. The van der Waals surface area contributed by atoms with Crippen LogP contribution in [0, 0.1) is 0 Å². The van der Waals surface area contributed by atoms with Crippen molar-refractivity contribution in [3.05, 3.63) is 48.4 Å². The van der Waals surface area contributed by atoms with E-state index < -0.39 is 5.95 Å². The molecule has 1 rings (SSSR count). The van der Waals surface area contributed by atoms with Gasteiger partial charge in [0, 0.05) is 18.6 Å². The molecule has 1 atom stereocenters. The third-order valence-electron chi connectivity index (χ3n) is 1.80. The lowest BCUT2D eigenvalue weighted by Crippen LogP contribution is -2.29. The van der Waals surface area contributed by atoms with Gasteiger partial charge in [0.05, 0.1) is 0 Å². The zero-order chi connectivity index (χ0) is 10.4. The highest BCUT2D eigenvalue weighted by atomic mass is 16.6. The van der Waals surface area contributed by atoms with Crippen molar-refractivity contribution in [3.63, 3.8) is 0 Å². The van der Waals surface area contributed by atoms with Crippen LogP contribution < -0.4 is 10.8 Å². The summed E-state index contributed by atoms with van der Waals surface area (Å²) in [6.07, 6.45) is 0.702. The third kappa shape index (κ3) is 3.96. The maximum Gasteiger partial charge on any atom is 0.0438 e. The van der Waals surface area contributed by atoms with E-state index in [0.717, 1.165) is 5.56 Å². The van der Waals surface area contributed by atoms with Crippen molar-refractivity contribution in [2.45, 2.75) is 12.5 Å². The van der Waals surface area contributed by atoms with Crippen LogP contribution in [-0.2, 0) is 11.2 Å². The van der Waals surface area contributed by atoms with Gasteiger partial charge in [-0.05, 0) is 12.0 Å². The van der Waals surface area contributed by atoms with E-state index in [4.69, 9.17) is 10.5 Å². The lowest BCUT2D eigenvalue weighted by atomic mass is 10.1. The lowest BCUT2D eigenvalue weighted by molar-refractivity contribution is -0.356. The minimum atomic E-state index is -0.534. The molecule has 0 aromatic heterocycles. The number of rotatable bonds is 5. The highest BCUT2D eigenvalue weighted by Gasteiger charge is 2.00. The van der Waals surface area contributed by atoms with E-state index >= 15 is 0 Å². The minimum absolute atomic E-state index is 0.164. The van der Waals surface area contributed by atoms with Gasteiger partial charge in [0.25, 0.3) is 0 Å². The van der Waals surface area contributed by atoms with Crippen LogP contribution in [0.15, 0.2) is 42.9 Å². The van der Waals surface area contributed by atoms with Crippen molar-refractivity contribution in [1.29, 1.82) is 0 Å². The molecule has 1 aromatic carbocycles. The Hall–Kier alpha value is -1.48. The summed E-state index contributed by atoms with van der Waals surface area (Å²) in [7, 11) is 0. The Morgan fingerprint density at radius 2 is 2.07 bits per heavy atom. The SMILES string of the molecule is C=C([O-])OCC(N)Cc1ccccc1. The fourth-order valence-electron chi connectivity index (χ4n) is 1.18. The van der Waals surface area contributed by atoms with Crippen molar-refractivity contribution in [1.82, 2.24) is 0 Å². The smallest absolute Gasteiger partial charge is 0.0438 e. The molecule has 3 nitrogen and oxygen atoms in total. The van der Waals surface area contributed by atoms with Gasteiger partial charge in [0.2, 0.25) is 0 Å². The Morgan fingerprint density at radius 1 is 1.43 bits per heavy atom. The fraction of sp³-hybridized carbons (Fsp3) is 0.273. The van der Waals surface area contributed by atoms with Gasteiger partial charge in [0.15, 0.2) is 0 Å². The van der Waals surface area contributed by atoms with E-state index in [-0.39, 0.29) is 12.6 Å². The van der Waals surface area contributed by atoms with Crippen LogP contribution in [0.25, 0.3) is 0 Å². The van der Waals surface area contributed by atoms with Gasteiger partial charge in [-0.3, -0.25) is 0 Å². The molecular formula is C11H14NO2-. The molecule has 1 aromatic rings. The lowest BCUT2D eigenvalue weighted by Gasteiger charge is -2.19. The van der Waals surface area contributed by atoms with Crippen molar-refractivity contribution in [2.24, 2.45) is 5.73 Å². The van der Waals surface area contributed by atoms with Gasteiger partial charge in [-0.2, -0.15) is 0 Å². The summed E-state index contributed by atoms with van der Waals surface area (Å²) in [6.45, 7) is 3.32. The summed E-state index contributed by atoms with van der Waals surface area (Å²) < 4.78 is 4.70. The van der Waals surface area contributed by atoms with Gasteiger partial charge >= 0.3 is 0 Å². The van der Waals surface area contributed by atoms with Gasteiger partial charge in [-0.15, -0.1) is 0 Å². The first-order valence-electron chi connectivity index (χ1n) is 4.46. The average molecular weight is 192 g/mol. The molecule has 0 saturated carbocycles. The van der Waals surface area contributed by atoms with E-state index in [1.54, 1.807) is 0 Å². The topological polar surface area (TPSA) is 58.3 Å². The van der Waals surface area contributed by atoms with Crippen LogP contribution in [0.1, 0.15) is 5.56 Å². The molecule has 0 aliphatic carbocycles. The summed E-state index contributed by atoms with van der Waals surface area (Å²) in [5.41, 5.74) is 6.89. The number of hydrogen-bond acceptors (Lipinski definition) is 3. The maximum atomic E-state index is 10.4. The van der Waals surface area contributed by atoms with Gasteiger partial charge in [-0.1, -0.05) is 36.9 Å². The Balaban J connectivity index is 2.34. The molecule has 0 heterocycles. The van der Waals surface area contributed by atoms with E-state index in [1.165, 1.54) is 0 Å². The van der Waals surface area contributed by atoms with E-state index in [0.29, 0.717) is 6.42 Å². The zero-order valence-corrected chi connectivity index (χ0v) is 7.98. The largest absolute Gasteiger partial charge is 0.612 e. The molecule has 0 radical (unpaired) electrons. The van der Waals surface area contributed by atoms with Crippen molar-refractivity contribution >= 4 is 0 Å². The molecule has 1 unspecified atom stereocenters. The first-order valence-corrected chi connectivity index (χ1v) is 4.46. The first kappa shape index (κ1) is 10.6. The Labute approximate surface area is 83.8 Å². The van der Waals surface area contributed by atoms with E-state index in [1.807, 2.05) is 30.3 Å². The molecule has 14 heavy (non-hydrogen) atoms. The van der Waals surface area contributed by atoms with Crippen LogP contribution in [0.2, 0.25) is 0 Å². The van der Waals surface area contributed by atoms with Gasteiger partial charge in [0.1, 0.15) is 0 Å². The summed E-state index contributed by atoms with van der Waals surface area (Å²) in [6, 6.07) is 9.68. The molecule has 0 saturated heterocycles. The fourth-order valence-corrected chi connectivity index (χ4v) is 1.18. The molecule has 0 aliphatic rings. The normalized spacial score (nSPS) is 12.1. The predicted molar refractivity (Wildman–Crippen MR) is 53.2 cm³/mol. The van der Waals surface area contributed by atoms with Crippen molar-refractivity contribution in [3.8, 4) is 0 Å². The molecule has 0 fully saturated rings. The molecule has 76 valence electrons. The van der Waals surface area contributed by atoms with Crippen LogP contribution in [0.5, 0.6) is 0 Å². The highest BCUT2D eigenvalue weighted by molar-refractivity contribution is 5.15. The molecule has 0 spiro atoms. The third-order valence-corrected chi connectivity index (χ3v) is 1.80. The summed E-state index contributed by atoms with van der Waals surface area (Å²) in [5, 5.41) is 10.4. The Bertz CT molecular complexity index is 285. The predicted octanol–water partition coefficient (Wildman–Crippen LogP) is 0.404. The minimum Gasteiger partial charge on any atom is -0.612 e. The number of ether oxygens (including phenoxy) is 1. The van der Waals surface area contributed by atoms with Crippen LogP contribution >= 0.6 is 0 Å². The number of hydrogen-bond donors (Lipinski definition) is 1. The second-order valence-corrected chi connectivity index (χ2v) is 3.13. The van der Waals surface area contributed by atoms with Crippen LogP contribution in [0.3, 0.4) is 0 Å². The molecule has 0 aliphatic heterocycles. The summed E-state index contributed by atoms with van der Waals surface area (Å²) >= 11 is 0. The zero-order valence-electron chi connectivity index (χ0n) is 7.98. The Morgan fingerprint density at radius 3 is 2.64 bits per heavy atom. The molecule has 3 heteroatoms. The Kier molecular flexibility index (Phi) is 4.01. The van der Waals surface area contributed by atoms with E-state index in [9.17, 15) is 5.11 Å².